The standard InChI is InChI=1S/C10H13IN2O4S/c11-7-2-3-9(14)8(6-7)10(15)13-4-1-5-18(12,16)17/h2-3,6,14H,1,4-5H2,(H,13,15)(H2,12,16,17). The minimum absolute atomic E-state index is 0.112. The van der Waals surface area contributed by atoms with Crippen molar-refractivity contribution < 1.29 is 18.3 Å². The van der Waals surface area contributed by atoms with Crippen molar-refractivity contribution in [2.24, 2.45) is 5.14 Å². The van der Waals surface area contributed by atoms with Crippen LogP contribution in [0, 0.1) is 3.57 Å². The van der Waals surface area contributed by atoms with E-state index < -0.39 is 15.9 Å². The van der Waals surface area contributed by atoms with Gasteiger partial charge in [0.1, 0.15) is 5.75 Å². The lowest BCUT2D eigenvalue weighted by atomic mass is 10.2. The summed E-state index contributed by atoms with van der Waals surface area (Å²) in [5.41, 5.74) is 0.164. The molecule has 0 atom stereocenters. The summed E-state index contributed by atoms with van der Waals surface area (Å²) in [7, 11) is -3.50. The number of amides is 1. The number of aromatic hydroxyl groups is 1. The van der Waals surface area contributed by atoms with Gasteiger partial charge in [-0.05, 0) is 47.2 Å². The Morgan fingerprint density at radius 2 is 2.11 bits per heavy atom. The van der Waals surface area contributed by atoms with E-state index >= 15 is 0 Å². The summed E-state index contributed by atoms with van der Waals surface area (Å²) in [6.07, 6.45) is 0.231. The zero-order valence-electron chi connectivity index (χ0n) is 9.39. The Morgan fingerprint density at radius 1 is 1.44 bits per heavy atom. The molecular formula is C10H13IN2O4S. The molecule has 0 aliphatic carbocycles. The van der Waals surface area contributed by atoms with Gasteiger partial charge in [-0.2, -0.15) is 0 Å². The van der Waals surface area contributed by atoms with Gasteiger partial charge in [0.2, 0.25) is 10.0 Å². The fraction of sp³-hybridized carbons (Fsp3) is 0.300. The van der Waals surface area contributed by atoms with Crippen molar-refractivity contribution in [2.75, 3.05) is 12.3 Å². The zero-order valence-corrected chi connectivity index (χ0v) is 12.4. The molecule has 1 rings (SSSR count). The van der Waals surface area contributed by atoms with Crippen molar-refractivity contribution in [3.05, 3.63) is 27.3 Å². The molecule has 0 saturated carbocycles. The lowest BCUT2D eigenvalue weighted by Gasteiger charge is -2.06. The van der Waals surface area contributed by atoms with Crippen LogP contribution >= 0.6 is 22.6 Å². The Bertz CT molecular complexity index is 545. The molecule has 100 valence electrons. The smallest absolute Gasteiger partial charge is 0.255 e. The molecule has 6 nitrogen and oxygen atoms in total. The lowest BCUT2D eigenvalue weighted by molar-refractivity contribution is 0.0951. The molecule has 1 amide bonds. The summed E-state index contributed by atoms with van der Waals surface area (Å²) in [6.45, 7) is 0.181. The third kappa shape index (κ3) is 5.19. The zero-order chi connectivity index (χ0) is 13.8. The van der Waals surface area contributed by atoms with Crippen LogP contribution < -0.4 is 10.5 Å². The topological polar surface area (TPSA) is 109 Å². The van der Waals surface area contributed by atoms with E-state index in [1.54, 1.807) is 12.1 Å². The Balaban J connectivity index is 2.53. The van der Waals surface area contributed by atoms with Crippen molar-refractivity contribution in [3.8, 4) is 5.75 Å². The van der Waals surface area contributed by atoms with Gasteiger partial charge in [-0.3, -0.25) is 4.79 Å². The number of phenolic OH excluding ortho intramolecular Hbond substituents is 1. The lowest BCUT2D eigenvalue weighted by Crippen LogP contribution is -2.27. The maximum absolute atomic E-state index is 11.7. The summed E-state index contributed by atoms with van der Waals surface area (Å²) < 4.78 is 22.2. The monoisotopic (exact) mass is 384 g/mol. The number of phenols is 1. The molecule has 0 fully saturated rings. The van der Waals surface area contributed by atoms with E-state index in [0.717, 1.165) is 3.57 Å². The number of sulfonamides is 1. The fourth-order valence-corrected chi connectivity index (χ4v) is 2.30. The maximum atomic E-state index is 11.7. The van der Waals surface area contributed by atoms with Crippen molar-refractivity contribution in [2.45, 2.75) is 6.42 Å². The number of carbonyl (C=O) groups is 1. The molecular weight excluding hydrogens is 371 g/mol. The second kappa shape index (κ2) is 6.34. The average Bonchev–Trinajstić information content (AvgIpc) is 2.26. The van der Waals surface area contributed by atoms with Crippen LogP contribution in [0.25, 0.3) is 0 Å². The molecule has 18 heavy (non-hydrogen) atoms. The van der Waals surface area contributed by atoms with E-state index in [1.165, 1.54) is 6.07 Å². The van der Waals surface area contributed by atoms with Crippen LogP contribution in [-0.2, 0) is 10.0 Å². The number of hydrogen-bond acceptors (Lipinski definition) is 4. The van der Waals surface area contributed by atoms with Crippen LogP contribution in [0.2, 0.25) is 0 Å². The van der Waals surface area contributed by atoms with Crippen LogP contribution in [0.4, 0.5) is 0 Å². The molecule has 0 heterocycles. The van der Waals surface area contributed by atoms with Gasteiger partial charge >= 0.3 is 0 Å². The first-order valence-electron chi connectivity index (χ1n) is 5.07. The van der Waals surface area contributed by atoms with Gasteiger partial charge in [-0.15, -0.1) is 0 Å². The Hall–Kier alpha value is -0.870. The number of benzene rings is 1. The molecule has 0 aromatic heterocycles. The van der Waals surface area contributed by atoms with Gasteiger partial charge in [0.15, 0.2) is 0 Å². The number of nitrogens with two attached hydrogens (primary N) is 1. The minimum atomic E-state index is -3.50. The number of carbonyl (C=O) groups excluding carboxylic acids is 1. The Morgan fingerprint density at radius 3 is 2.72 bits per heavy atom. The first-order valence-corrected chi connectivity index (χ1v) is 7.86. The van der Waals surface area contributed by atoms with E-state index in [2.05, 4.69) is 5.32 Å². The predicted molar refractivity (Wildman–Crippen MR) is 75.7 cm³/mol. The van der Waals surface area contributed by atoms with Crippen LogP contribution in [0.3, 0.4) is 0 Å². The van der Waals surface area contributed by atoms with Gasteiger partial charge < -0.3 is 10.4 Å². The average molecular weight is 384 g/mol. The predicted octanol–water partition coefficient (Wildman–Crippen LogP) is 0.405. The first kappa shape index (κ1) is 15.2. The molecule has 0 radical (unpaired) electrons. The van der Waals surface area contributed by atoms with Gasteiger partial charge in [-0.25, -0.2) is 13.6 Å². The quantitative estimate of drug-likeness (QED) is 0.505. The summed E-state index contributed by atoms with van der Waals surface area (Å²) in [6, 6.07) is 4.65. The highest BCUT2D eigenvalue weighted by molar-refractivity contribution is 14.1. The van der Waals surface area contributed by atoms with E-state index in [-0.39, 0.29) is 30.0 Å². The van der Waals surface area contributed by atoms with Gasteiger partial charge in [0, 0.05) is 10.1 Å². The van der Waals surface area contributed by atoms with Crippen molar-refractivity contribution in [3.63, 3.8) is 0 Å². The molecule has 1 aromatic rings. The van der Waals surface area contributed by atoms with E-state index in [0.29, 0.717) is 0 Å². The van der Waals surface area contributed by atoms with E-state index in [4.69, 9.17) is 5.14 Å². The Labute approximate surface area is 119 Å². The number of halogens is 1. The molecule has 0 aliphatic rings. The summed E-state index contributed by atoms with van der Waals surface area (Å²) in [5.74, 6) is -0.745. The normalized spacial score (nSPS) is 11.2. The second-order valence-corrected chi connectivity index (χ2v) is 6.62. The van der Waals surface area contributed by atoms with Crippen LogP contribution in [0.5, 0.6) is 5.75 Å². The highest BCUT2D eigenvalue weighted by atomic mass is 127. The summed E-state index contributed by atoms with van der Waals surface area (Å²) in [5, 5.41) is 16.9. The largest absolute Gasteiger partial charge is 0.507 e. The van der Waals surface area contributed by atoms with Gasteiger partial charge in [0.05, 0.1) is 11.3 Å². The fourth-order valence-electron chi connectivity index (χ4n) is 1.26. The molecule has 0 saturated heterocycles. The number of primary sulfonamides is 1. The number of hydrogen-bond donors (Lipinski definition) is 3. The first-order chi connectivity index (χ1) is 8.29. The highest BCUT2D eigenvalue weighted by Crippen LogP contribution is 2.19. The summed E-state index contributed by atoms with van der Waals surface area (Å²) >= 11 is 2.02. The second-order valence-electron chi connectivity index (χ2n) is 3.64. The molecule has 0 unspecified atom stereocenters. The molecule has 8 heteroatoms. The number of rotatable bonds is 5. The molecule has 0 aliphatic heterocycles. The van der Waals surface area contributed by atoms with E-state index in [1.807, 2.05) is 22.6 Å². The third-order valence-corrected chi connectivity index (χ3v) is 3.62. The van der Waals surface area contributed by atoms with Crippen molar-refractivity contribution in [1.82, 2.24) is 5.32 Å². The molecule has 1 aromatic carbocycles. The maximum Gasteiger partial charge on any atom is 0.255 e. The minimum Gasteiger partial charge on any atom is -0.507 e. The molecule has 4 N–H and O–H groups in total. The highest BCUT2D eigenvalue weighted by Gasteiger charge is 2.11. The van der Waals surface area contributed by atoms with Gasteiger partial charge in [-0.1, -0.05) is 0 Å². The molecule has 0 bridgehead atoms. The Kier molecular flexibility index (Phi) is 5.35. The summed E-state index contributed by atoms with van der Waals surface area (Å²) in [4.78, 5) is 11.7. The molecule has 0 spiro atoms. The van der Waals surface area contributed by atoms with Gasteiger partial charge in [0.25, 0.3) is 5.91 Å². The van der Waals surface area contributed by atoms with E-state index in [9.17, 15) is 18.3 Å². The third-order valence-electron chi connectivity index (χ3n) is 2.09. The van der Waals surface area contributed by atoms with Crippen molar-refractivity contribution in [1.29, 1.82) is 0 Å². The van der Waals surface area contributed by atoms with Crippen molar-refractivity contribution >= 4 is 38.5 Å². The van der Waals surface area contributed by atoms with Crippen LogP contribution in [0.15, 0.2) is 18.2 Å². The van der Waals surface area contributed by atoms with Crippen LogP contribution in [0.1, 0.15) is 16.8 Å². The number of nitrogens with one attached hydrogen (secondary N) is 1. The SMILES string of the molecule is NS(=O)(=O)CCCNC(=O)c1cc(I)ccc1O. The van der Waals surface area contributed by atoms with Crippen LogP contribution in [-0.4, -0.2) is 31.7 Å².